The molecule has 0 amide bonds. The minimum atomic E-state index is -4.79. The molecule has 1 N–H and O–H groups in total. The van der Waals surface area contributed by atoms with E-state index in [0.29, 0.717) is 6.42 Å². The van der Waals surface area contributed by atoms with Crippen LogP contribution in [0, 0.1) is 0 Å². The normalized spacial score (nSPS) is 13.3. The molecule has 2 nitrogen and oxygen atoms in total. The first kappa shape index (κ1) is 13.6. The fraction of sp³-hybridized carbons (Fsp3) is 1.00. The minimum Gasteiger partial charge on any atom is -0.246 e. The maximum Gasteiger partial charge on any atom is 0.444 e. The minimum absolute atomic E-state index is 0.0141. The smallest absolute Gasteiger partial charge is 0.246 e. The van der Waals surface area contributed by atoms with Gasteiger partial charge >= 0.3 is 12.0 Å². The van der Waals surface area contributed by atoms with Crippen LogP contribution in [-0.4, -0.2) is 17.3 Å². The Morgan fingerprint density at radius 1 is 1.07 bits per heavy atom. The molecular weight excluding hydrogens is 204 g/mol. The molecule has 0 bridgehead atoms. The second-order valence-electron chi connectivity index (χ2n) is 3.12. The van der Waals surface area contributed by atoms with E-state index in [1.54, 1.807) is 0 Å². The molecule has 0 rings (SSSR count). The van der Waals surface area contributed by atoms with Gasteiger partial charge in [-0.15, -0.1) is 0 Å². The topological polar surface area (TPSA) is 29.5 Å². The summed E-state index contributed by atoms with van der Waals surface area (Å²) in [6.07, 6.45) is -3.77. The maximum absolute atomic E-state index is 12.6. The molecule has 0 saturated heterocycles. The summed E-state index contributed by atoms with van der Waals surface area (Å²) in [4.78, 5) is 2.48. The summed E-state index contributed by atoms with van der Waals surface area (Å²) in [5, 5.41) is 7.60. The molecule has 0 saturated carbocycles. The van der Waals surface area contributed by atoms with Crippen molar-refractivity contribution in [1.29, 1.82) is 0 Å². The average molecular weight is 218 g/mol. The summed E-state index contributed by atoms with van der Waals surface area (Å²) in [5.41, 5.74) is 0. The Labute approximate surface area is 79.8 Å². The molecule has 0 aliphatic rings. The van der Waals surface area contributed by atoms with Crippen LogP contribution in [0.3, 0.4) is 0 Å². The molecule has 0 aromatic rings. The third-order valence-corrected chi connectivity index (χ3v) is 1.88. The number of hydrogen-bond donors (Lipinski definition) is 1. The van der Waals surface area contributed by atoms with Crippen molar-refractivity contribution in [3.8, 4) is 0 Å². The van der Waals surface area contributed by atoms with E-state index in [9.17, 15) is 17.6 Å². The fourth-order valence-corrected chi connectivity index (χ4v) is 0.986. The van der Waals surface area contributed by atoms with Gasteiger partial charge in [0, 0.05) is 6.42 Å². The second-order valence-corrected chi connectivity index (χ2v) is 3.12. The molecule has 0 aromatic heterocycles. The first-order valence-corrected chi connectivity index (χ1v) is 4.45. The Kier molecular flexibility index (Phi) is 5.36. The van der Waals surface area contributed by atoms with Crippen molar-refractivity contribution in [2.45, 2.75) is 51.1 Å². The molecule has 6 heteroatoms. The molecule has 86 valence electrons. The zero-order valence-electron chi connectivity index (χ0n) is 7.90. The van der Waals surface area contributed by atoms with Gasteiger partial charge in [0.25, 0.3) is 0 Å². The SMILES string of the molecule is CCCCCCC(F)(F)C(F)(F)OO. The monoisotopic (exact) mass is 218 g/mol. The molecule has 0 aliphatic carbocycles. The highest BCUT2D eigenvalue weighted by Gasteiger charge is 2.57. The van der Waals surface area contributed by atoms with E-state index in [-0.39, 0.29) is 6.42 Å². The van der Waals surface area contributed by atoms with E-state index in [1.807, 2.05) is 6.92 Å². The molecule has 0 aromatic carbocycles. The molecule has 0 atom stereocenters. The number of alkyl halides is 4. The molecule has 0 fully saturated rings. The lowest BCUT2D eigenvalue weighted by Gasteiger charge is -2.22. The van der Waals surface area contributed by atoms with Gasteiger partial charge in [-0.05, 0) is 6.42 Å². The van der Waals surface area contributed by atoms with Gasteiger partial charge in [0.2, 0.25) is 0 Å². The molecule has 0 aliphatic heterocycles. The van der Waals surface area contributed by atoms with E-state index in [1.165, 1.54) is 0 Å². The lowest BCUT2D eigenvalue weighted by molar-refractivity contribution is -0.467. The lowest BCUT2D eigenvalue weighted by atomic mass is 10.1. The molecule has 14 heavy (non-hydrogen) atoms. The van der Waals surface area contributed by atoms with Crippen molar-refractivity contribution in [1.82, 2.24) is 0 Å². The van der Waals surface area contributed by atoms with Gasteiger partial charge in [0.15, 0.2) is 0 Å². The van der Waals surface area contributed by atoms with Crippen LogP contribution in [-0.2, 0) is 4.89 Å². The van der Waals surface area contributed by atoms with Crippen molar-refractivity contribution < 1.29 is 27.7 Å². The van der Waals surface area contributed by atoms with Gasteiger partial charge in [-0.1, -0.05) is 26.2 Å². The Bertz CT molecular complexity index is 161. The number of hydrogen-bond acceptors (Lipinski definition) is 2. The summed E-state index contributed by atoms with van der Waals surface area (Å²) < 4.78 is 49.6. The third kappa shape index (κ3) is 3.79. The van der Waals surface area contributed by atoms with Crippen LogP contribution in [0.25, 0.3) is 0 Å². The van der Waals surface area contributed by atoms with E-state index in [0.717, 1.165) is 12.8 Å². The van der Waals surface area contributed by atoms with Gasteiger partial charge in [0.1, 0.15) is 0 Å². The van der Waals surface area contributed by atoms with E-state index in [4.69, 9.17) is 5.26 Å². The van der Waals surface area contributed by atoms with Crippen LogP contribution in [0.15, 0.2) is 0 Å². The predicted octanol–water partition coefficient (Wildman–Crippen LogP) is 3.67. The quantitative estimate of drug-likeness (QED) is 0.306. The van der Waals surface area contributed by atoms with Crippen molar-refractivity contribution in [3.05, 3.63) is 0 Å². The Hall–Kier alpha value is -0.360. The van der Waals surface area contributed by atoms with Gasteiger partial charge < -0.3 is 0 Å². The Balaban J connectivity index is 3.94. The van der Waals surface area contributed by atoms with Gasteiger partial charge in [0.05, 0.1) is 0 Å². The largest absolute Gasteiger partial charge is 0.444 e. The third-order valence-electron chi connectivity index (χ3n) is 1.88. The summed E-state index contributed by atoms with van der Waals surface area (Å²) >= 11 is 0. The molecule has 0 unspecified atom stereocenters. The first-order chi connectivity index (χ1) is 6.37. The predicted molar refractivity (Wildman–Crippen MR) is 42.4 cm³/mol. The average Bonchev–Trinajstić information content (AvgIpc) is 2.12. The molecular formula is C8H14F4O2. The van der Waals surface area contributed by atoms with E-state index in [2.05, 4.69) is 4.89 Å². The lowest BCUT2D eigenvalue weighted by Crippen LogP contribution is -2.42. The summed E-state index contributed by atoms with van der Waals surface area (Å²) in [6, 6.07) is 0. The summed E-state index contributed by atoms with van der Waals surface area (Å²) in [5.74, 6) is -4.31. The van der Waals surface area contributed by atoms with Gasteiger partial charge in [-0.3, -0.25) is 0 Å². The van der Waals surface area contributed by atoms with E-state index < -0.39 is 18.5 Å². The zero-order valence-corrected chi connectivity index (χ0v) is 7.90. The van der Waals surface area contributed by atoms with Crippen LogP contribution in [0.2, 0.25) is 0 Å². The van der Waals surface area contributed by atoms with Crippen molar-refractivity contribution in [3.63, 3.8) is 0 Å². The standard InChI is InChI=1S/C8H14F4O2/c1-2-3-4-5-6-7(9,10)8(11,12)14-13/h13H,2-6H2,1H3. The highest BCUT2D eigenvalue weighted by Crippen LogP contribution is 2.38. The van der Waals surface area contributed by atoms with Crippen molar-refractivity contribution in [2.75, 3.05) is 0 Å². The van der Waals surface area contributed by atoms with Crippen LogP contribution >= 0.6 is 0 Å². The second kappa shape index (κ2) is 5.50. The van der Waals surface area contributed by atoms with Crippen molar-refractivity contribution >= 4 is 0 Å². The zero-order chi connectivity index (χ0) is 11.2. The number of halogens is 4. The molecule has 0 radical (unpaired) electrons. The molecule has 0 heterocycles. The fourth-order valence-electron chi connectivity index (χ4n) is 0.986. The van der Waals surface area contributed by atoms with Crippen LogP contribution in [0.4, 0.5) is 17.6 Å². The summed E-state index contributed by atoms with van der Waals surface area (Å²) in [6.45, 7) is 1.88. The Morgan fingerprint density at radius 2 is 1.64 bits per heavy atom. The highest BCUT2D eigenvalue weighted by atomic mass is 19.3. The van der Waals surface area contributed by atoms with Crippen LogP contribution < -0.4 is 0 Å². The summed E-state index contributed by atoms with van der Waals surface area (Å²) in [7, 11) is 0. The van der Waals surface area contributed by atoms with Crippen LogP contribution in [0.1, 0.15) is 39.0 Å². The van der Waals surface area contributed by atoms with Crippen molar-refractivity contribution in [2.24, 2.45) is 0 Å². The highest BCUT2D eigenvalue weighted by molar-refractivity contribution is 4.75. The van der Waals surface area contributed by atoms with E-state index >= 15 is 0 Å². The van der Waals surface area contributed by atoms with Gasteiger partial charge in [-0.2, -0.15) is 22.4 Å². The van der Waals surface area contributed by atoms with Crippen LogP contribution in [0.5, 0.6) is 0 Å². The number of unbranched alkanes of at least 4 members (excludes halogenated alkanes) is 3. The molecule has 0 spiro atoms. The first-order valence-electron chi connectivity index (χ1n) is 4.45. The Morgan fingerprint density at radius 3 is 2.07 bits per heavy atom. The number of rotatable bonds is 7. The van der Waals surface area contributed by atoms with Gasteiger partial charge in [-0.25, -0.2) is 5.26 Å². The maximum atomic E-state index is 12.6.